The fraction of sp³-hybridized carbons (Fsp3) is 0.263. The number of anilines is 1. The van der Waals surface area contributed by atoms with E-state index < -0.39 is 10.0 Å². The highest BCUT2D eigenvalue weighted by atomic mass is 32.2. The van der Waals surface area contributed by atoms with Gasteiger partial charge in [0.1, 0.15) is 4.90 Å². The lowest BCUT2D eigenvalue weighted by atomic mass is 10.2. The molecule has 2 N–H and O–H groups in total. The average molecular weight is 412 g/mol. The highest BCUT2D eigenvalue weighted by Crippen LogP contribution is 2.25. The maximum atomic E-state index is 13.2. The largest absolute Gasteiger partial charge is 0.382 e. The van der Waals surface area contributed by atoms with Crippen LogP contribution in [0.25, 0.3) is 10.9 Å². The molecule has 0 aliphatic carbocycles. The van der Waals surface area contributed by atoms with Crippen molar-refractivity contribution in [2.24, 2.45) is 0 Å². The summed E-state index contributed by atoms with van der Waals surface area (Å²) in [4.78, 5) is 26.5. The number of hydrogen-bond acceptors (Lipinski definition) is 7. The molecular weight excluding hydrogens is 392 g/mol. The van der Waals surface area contributed by atoms with Crippen molar-refractivity contribution in [1.29, 1.82) is 0 Å². The van der Waals surface area contributed by atoms with Gasteiger partial charge in [0.15, 0.2) is 11.5 Å². The van der Waals surface area contributed by atoms with Crippen LogP contribution in [0.15, 0.2) is 47.8 Å². The van der Waals surface area contributed by atoms with Gasteiger partial charge in [0.05, 0.1) is 5.52 Å². The second kappa shape index (κ2) is 7.37. The van der Waals surface area contributed by atoms with Crippen LogP contribution in [0.2, 0.25) is 0 Å². The minimum Gasteiger partial charge on any atom is -0.382 e. The molecule has 0 unspecified atom stereocenters. The third-order valence-electron chi connectivity index (χ3n) is 4.88. The number of amides is 1. The fourth-order valence-corrected chi connectivity index (χ4v) is 4.97. The van der Waals surface area contributed by atoms with Crippen LogP contribution in [-0.4, -0.2) is 64.7 Å². The van der Waals surface area contributed by atoms with Crippen molar-refractivity contribution >= 4 is 32.7 Å². The van der Waals surface area contributed by atoms with Crippen LogP contribution in [0.3, 0.4) is 0 Å². The van der Waals surface area contributed by atoms with Gasteiger partial charge in [-0.1, -0.05) is 12.1 Å². The number of nitrogens with two attached hydrogens (primary N) is 1. The van der Waals surface area contributed by atoms with Gasteiger partial charge in [0.25, 0.3) is 5.91 Å². The lowest BCUT2D eigenvalue weighted by Gasteiger charge is -2.34. The molecule has 3 heterocycles. The second-order valence-electron chi connectivity index (χ2n) is 6.83. The van der Waals surface area contributed by atoms with E-state index in [2.05, 4.69) is 15.0 Å². The molecule has 1 aliphatic rings. The van der Waals surface area contributed by atoms with E-state index in [0.717, 1.165) is 10.9 Å². The van der Waals surface area contributed by atoms with Crippen LogP contribution >= 0.6 is 0 Å². The number of piperazine rings is 1. The zero-order chi connectivity index (χ0) is 20.6. The molecule has 0 radical (unpaired) electrons. The van der Waals surface area contributed by atoms with Gasteiger partial charge in [-0.2, -0.15) is 4.31 Å². The van der Waals surface area contributed by atoms with E-state index in [1.807, 2.05) is 19.1 Å². The first-order chi connectivity index (χ1) is 13.9. The molecule has 9 nitrogen and oxygen atoms in total. The van der Waals surface area contributed by atoms with Crippen molar-refractivity contribution in [3.8, 4) is 0 Å². The Labute approximate surface area is 168 Å². The van der Waals surface area contributed by atoms with E-state index >= 15 is 0 Å². The number of pyridine rings is 1. The molecule has 0 saturated carbocycles. The van der Waals surface area contributed by atoms with Gasteiger partial charge in [-0.15, -0.1) is 0 Å². The van der Waals surface area contributed by atoms with Gasteiger partial charge in [0, 0.05) is 50.2 Å². The van der Waals surface area contributed by atoms with Crippen molar-refractivity contribution in [2.75, 3.05) is 31.9 Å². The number of carbonyl (C=O) groups is 1. The lowest BCUT2D eigenvalue weighted by molar-refractivity contribution is 0.0692. The summed E-state index contributed by atoms with van der Waals surface area (Å²) >= 11 is 0. The van der Waals surface area contributed by atoms with E-state index in [9.17, 15) is 13.2 Å². The average Bonchev–Trinajstić information content (AvgIpc) is 2.73. The second-order valence-corrected chi connectivity index (χ2v) is 8.73. The number of benzene rings is 1. The molecule has 29 heavy (non-hydrogen) atoms. The maximum Gasteiger partial charge on any atom is 0.276 e. The minimum atomic E-state index is -3.74. The van der Waals surface area contributed by atoms with Gasteiger partial charge >= 0.3 is 0 Å². The van der Waals surface area contributed by atoms with Gasteiger partial charge < -0.3 is 10.6 Å². The van der Waals surface area contributed by atoms with Crippen molar-refractivity contribution in [2.45, 2.75) is 11.8 Å². The predicted molar refractivity (Wildman–Crippen MR) is 108 cm³/mol. The van der Waals surface area contributed by atoms with Crippen LogP contribution in [0.4, 0.5) is 5.82 Å². The Hall–Kier alpha value is -3.11. The Morgan fingerprint density at radius 2 is 1.79 bits per heavy atom. The normalized spacial score (nSPS) is 15.6. The number of sulfonamides is 1. The molecule has 4 rings (SSSR count). The topological polar surface area (TPSA) is 122 Å². The molecule has 1 amide bonds. The van der Waals surface area contributed by atoms with Gasteiger partial charge in [-0.3, -0.25) is 9.78 Å². The molecule has 0 atom stereocenters. The van der Waals surface area contributed by atoms with Crippen LogP contribution in [-0.2, 0) is 10.0 Å². The Morgan fingerprint density at radius 1 is 1.07 bits per heavy atom. The third-order valence-corrected chi connectivity index (χ3v) is 6.81. The molecule has 1 fully saturated rings. The number of carbonyl (C=O) groups excluding carboxylic acids is 1. The molecule has 0 bridgehead atoms. The van der Waals surface area contributed by atoms with Crippen LogP contribution in [0.5, 0.6) is 0 Å². The number of aryl methyl sites for hydroxylation is 1. The van der Waals surface area contributed by atoms with Crippen molar-refractivity contribution in [3.63, 3.8) is 0 Å². The molecule has 150 valence electrons. The Kier molecular flexibility index (Phi) is 4.89. The molecule has 1 aromatic carbocycles. The summed E-state index contributed by atoms with van der Waals surface area (Å²) in [5.41, 5.74) is 7.22. The first-order valence-electron chi connectivity index (χ1n) is 9.09. The summed E-state index contributed by atoms with van der Waals surface area (Å²) < 4.78 is 27.8. The summed E-state index contributed by atoms with van der Waals surface area (Å²) in [6, 6.07) is 7.03. The monoisotopic (exact) mass is 412 g/mol. The first kappa shape index (κ1) is 19.2. The van der Waals surface area contributed by atoms with E-state index in [1.54, 1.807) is 18.3 Å². The van der Waals surface area contributed by atoms with Crippen LogP contribution in [0, 0.1) is 6.92 Å². The van der Waals surface area contributed by atoms with E-state index in [-0.39, 0.29) is 48.5 Å². The van der Waals surface area contributed by atoms with Gasteiger partial charge in [-0.25, -0.2) is 18.4 Å². The van der Waals surface area contributed by atoms with Gasteiger partial charge in [0.2, 0.25) is 10.0 Å². The Balaban J connectivity index is 1.56. The smallest absolute Gasteiger partial charge is 0.276 e. The van der Waals surface area contributed by atoms with Crippen molar-refractivity contribution in [3.05, 3.63) is 54.1 Å². The number of rotatable bonds is 3. The fourth-order valence-electron chi connectivity index (χ4n) is 3.38. The summed E-state index contributed by atoms with van der Waals surface area (Å²) in [5, 5.41) is 0.776. The van der Waals surface area contributed by atoms with E-state index in [4.69, 9.17) is 5.73 Å². The predicted octanol–water partition coefficient (Wildman–Crippen LogP) is 1.06. The zero-order valence-corrected chi connectivity index (χ0v) is 16.6. The quantitative estimate of drug-likeness (QED) is 0.682. The number of para-hydroxylation sites is 1. The summed E-state index contributed by atoms with van der Waals surface area (Å²) in [6.07, 6.45) is 4.47. The molecule has 10 heteroatoms. The number of fused-ring (bicyclic) bond motifs is 1. The molecule has 1 saturated heterocycles. The molecular formula is C19H20N6O3S. The molecule has 1 aliphatic heterocycles. The van der Waals surface area contributed by atoms with E-state index in [1.165, 1.54) is 21.6 Å². The number of aromatic nitrogens is 3. The van der Waals surface area contributed by atoms with Crippen molar-refractivity contribution in [1.82, 2.24) is 24.2 Å². The number of nitrogens with zero attached hydrogens (tertiary/aromatic N) is 5. The minimum absolute atomic E-state index is 0.0599. The number of nitrogen functional groups attached to an aromatic ring is 1. The standard InChI is InChI=1S/C19H20N6O3S/c1-13-11-14-3-2-4-15(16(14)23-12-13)29(27,28)25-9-7-24(8-10-25)19(26)17-18(20)22-6-5-21-17/h2-6,11-12H,7-10H2,1H3,(H2,20,22). The summed E-state index contributed by atoms with van der Waals surface area (Å²) in [6.45, 7) is 2.75. The van der Waals surface area contributed by atoms with Crippen LogP contribution < -0.4 is 5.73 Å². The molecule has 3 aromatic rings. The highest BCUT2D eigenvalue weighted by molar-refractivity contribution is 7.89. The Bertz CT molecular complexity index is 1190. The van der Waals surface area contributed by atoms with Gasteiger partial charge in [-0.05, 0) is 24.6 Å². The summed E-state index contributed by atoms with van der Waals surface area (Å²) in [5.74, 6) is -0.292. The SMILES string of the molecule is Cc1cnc2c(S(=O)(=O)N3CCN(C(=O)c4nccnc4N)CC3)cccc2c1. The molecule has 0 spiro atoms. The third kappa shape index (κ3) is 3.52. The first-order valence-corrected chi connectivity index (χ1v) is 10.5. The lowest BCUT2D eigenvalue weighted by Crippen LogP contribution is -2.50. The van der Waals surface area contributed by atoms with Crippen LogP contribution in [0.1, 0.15) is 16.1 Å². The summed E-state index contributed by atoms with van der Waals surface area (Å²) in [7, 11) is -3.74. The van der Waals surface area contributed by atoms with Crippen molar-refractivity contribution < 1.29 is 13.2 Å². The number of hydrogen-bond donors (Lipinski definition) is 1. The zero-order valence-electron chi connectivity index (χ0n) is 15.8. The highest BCUT2D eigenvalue weighted by Gasteiger charge is 2.32. The maximum absolute atomic E-state index is 13.2. The van der Waals surface area contributed by atoms with E-state index in [0.29, 0.717) is 5.52 Å². The Morgan fingerprint density at radius 3 is 2.52 bits per heavy atom. The molecule has 2 aromatic heterocycles.